The first-order valence-electron chi connectivity index (χ1n) is 5.94. The van der Waals surface area contributed by atoms with Crippen LogP contribution in [0.5, 0.6) is 0 Å². The highest BCUT2D eigenvalue weighted by Gasteiger charge is 2.19. The molecule has 0 aromatic carbocycles. The van der Waals surface area contributed by atoms with Crippen LogP contribution in [0.2, 0.25) is 0 Å². The van der Waals surface area contributed by atoms with Crippen molar-refractivity contribution in [1.82, 2.24) is 0 Å². The Morgan fingerprint density at radius 1 is 1.33 bits per heavy atom. The van der Waals surface area contributed by atoms with Gasteiger partial charge in [-0.25, -0.2) is 0 Å². The SMILES string of the molecule is CC=CCC(CC)CC1N=CC=NC1C. The Bertz CT molecular complexity index is 253. The molecule has 0 spiro atoms. The molecule has 0 saturated carbocycles. The van der Waals surface area contributed by atoms with Crippen molar-refractivity contribution >= 4 is 12.4 Å². The van der Waals surface area contributed by atoms with Crippen LogP contribution in [0.15, 0.2) is 22.1 Å². The summed E-state index contributed by atoms with van der Waals surface area (Å²) in [5.74, 6) is 0.749. The van der Waals surface area contributed by atoms with Crippen LogP contribution >= 0.6 is 0 Å². The van der Waals surface area contributed by atoms with E-state index in [9.17, 15) is 0 Å². The maximum atomic E-state index is 4.51. The molecular weight excluding hydrogens is 184 g/mol. The fourth-order valence-electron chi connectivity index (χ4n) is 1.90. The average molecular weight is 206 g/mol. The summed E-state index contributed by atoms with van der Waals surface area (Å²) in [5.41, 5.74) is 0. The van der Waals surface area contributed by atoms with Gasteiger partial charge in [0.1, 0.15) is 0 Å². The maximum Gasteiger partial charge on any atom is 0.0723 e. The van der Waals surface area contributed by atoms with Crippen LogP contribution in [0.4, 0.5) is 0 Å². The van der Waals surface area contributed by atoms with E-state index in [0.717, 1.165) is 12.3 Å². The first-order chi connectivity index (χ1) is 7.27. The lowest BCUT2D eigenvalue weighted by Crippen LogP contribution is -2.25. The van der Waals surface area contributed by atoms with E-state index in [-0.39, 0.29) is 0 Å². The van der Waals surface area contributed by atoms with Gasteiger partial charge in [0.05, 0.1) is 12.1 Å². The summed E-state index contributed by atoms with van der Waals surface area (Å²) in [6.07, 6.45) is 11.6. The lowest BCUT2D eigenvalue weighted by molar-refractivity contribution is 0.396. The highest BCUT2D eigenvalue weighted by atomic mass is 14.9. The van der Waals surface area contributed by atoms with Crippen LogP contribution < -0.4 is 0 Å². The molecule has 0 fully saturated rings. The third-order valence-corrected chi connectivity index (χ3v) is 3.08. The number of rotatable bonds is 5. The zero-order chi connectivity index (χ0) is 11.1. The molecule has 0 amide bonds. The molecule has 1 aliphatic heterocycles. The zero-order valence-corrected chi connectivity index (χ0v) is 10.1. The van der Waals surface area contributed by atoms with Crippen LogP contribution in [0.1, 0.15) is 40.0 Å². The van der Waals surface area contributed by atoms with Gasteiger partial charge in [0.2, 0.25) is 0 Å². The van der Waals surface area contributed by atoms with Gasteiger partial charge in [-0.3, -0.25) is 9.98 Å². The van der Waals surface area contributed by atoms with Crippen molar-refractivity contribution in [3.05, 3.63) is 12.2 Å². The average Bonchev–Trinajstić information content (AvgIpc) is 2.26. The van der Waals surface area contributed by atoms with E-state index in [1.807, 2.05) is 12.4 Å². The van der Waals surface area contributed by atoms with Crippen LogP contribution in [-0.2, 0) is 0 Å². The summed E-state index contributed by atoms with van der Waals surface area (Å²) < 4.78 is 0. The molecule has 0 saturated heterocycles. The largest absolute Gasteiger partial charge is 0.286 e. The molecule has 1 rings (SSSR count). The van der Waals surface area contributed by atoms with Gasteiger partial charge in [-0.2, -0.15) is 0 Å². The van der Waals surface area contributed by atoms with Crippen LogP contribution in [0.25, 0.3) is 0 Å². The highest BCUT2D eigenvalue weighted by Crippen LogP contribution is 2.21. The van der Waals surface area contributed by atoms with E-state index >= 15 is 0 Å². The van der Waals surface area contributed by atoms with E-state index in [2.05, 4.69) is 42.9 Å². The van der Waals surface area contributed by atoms with E-state index in [4.69, 9.17) is 0 Å². The van der Waals surface area contributed by atoms with Crippen molar-refractivity contribution < 1.29 is 0 Å². The van der Waals surface area contributed by atoms with Gasteiger partial charge < -0.3 is 0 Å². The van der Waals surface area contributed by atoms with E-state index in [1.165, 1.54) is 12.8 Å². The molecule has 0 aromatic heterocycles. The molecule has 15 heavy (non-hydrogen) atoms. The molecule has 0 radical (unpaired) electrons. The Morgan fingerprint density at radius 2 is 2.07 bits per heavy atom. The summed E-state index contributed by atoms with van der Waals surface area (Å²) in [6.45, 7) is 6.49. The number of allylic oxidation sites excluding steroid dienone is 2. The Morgan fingerprint density at radius 3 is 2.67 bits per heavy atom. The fraction of sp³-hybridized carbons (Fsp3) is 0.692. The van der Waals surface area contributed by atoms with Crippen molar-refractivity contribution in [2.24, 2.45) is 15.9 Å². The minimum Gasteiger partial charge on any atom is -0.286 e. The van der Waals surface area contributed by atoms with Crippen LogP contribution in [0.3, 0.4) is 0 Å². The summed E-state index contributed by atoms with van der Waals surface area (Å²) in [4.78, 5) is 8.89. The van der Waals surface area contributed by atoms with Crippen molar-refractivity contribution in [1.29, 1.82) is 0 Å². The van der Waals surface area contributed by atoms with Gasteiger partial charge in [0.15, 0.2) is 0 Å². The summed E-state index contributed by atoms with van der Waals surface area (Å²) in [7, 11) is 0. The highest BCUT2D eigenvalue weighted by molar-refractivity contribution is 6.16. The normalized spacial score (nSPS) is 27.4. The predicted octanol–water partition coefficient (Wildman–Crippen LogP) is 3.28. The lowest BCUT2D eigenvalue weighted by Gasteiger charge is -2.23. The van der Waals surface area contributed by atoms with Crippen LogP contribution in [0, 0.1) is 5.92 Å². The number of hydrogen-bond donors (Lipinski definition) is 0. The van der Waals surface area contributed by atoms with Gasteiger partial charge >= 0.3 is 0 Å². The molecule has 3 atom stereocenters. The minimum atomic E-state index is 0.356. The van der Waals surface area contributed by atoms with Crippen LogP contribution in [-0.4, -0.2) is 24.5 Å². The van der Waals surface area contributed by atoms with Gasteiger partial charge in [-0.1, -0.05) is 25.5 Å². The summed E-state index contributed by atoms with van der Waals surface area (Å²) in [6, 6.07) is 0.750. The van der Waals surface area contributed by atoms with Gasteiger partial charge in [-0.05, 0) is 32.6 Å². The Hall–Kier alpha value is -0.920. The third-order valence-electron chi connectivity index (χ3n) is 3.08. The zero-order valence-electron chi connectivity index (χ0n) is 10.1. The summed E-state index contributed by atoms with van der Waals surface area (Å²) >= 11 is 0. The number of nitrogens with zero attached hydrogens (tertiary/aromatic N) is 2. The molecular formula is C13H22N2. The monoisotopic (exact) mass is 206 g/mol. The molecule has 1 aliphatic rings. The fourth-order valence-corrected chi connectivity index (χ4v) is 1.90. The quantitative estimate of drug-likeness (QED) is 0.617. The van der Waals surface area contributed by atoms with E-state index < -0.39 is 0 Å². The second-order valence-corrected chi connectivity index (χ2v) is 4.22. The van der Waals surface area contributed by atoms with E-state index in [1.54, 1.807) is 0 Å². The number of hydrogen-bond acceptors (Lipinski definition) is 2. The Kier molecular flexibility index (Phi) is 5.30. The van der Waals surface area contributed by atoms with Gasteiger partial charge in [-0.15, -0.1) is 0 Å². The smallest absolute Gasteiger partial charge is 0.0723 e. The molecule has 0 bridgehead atoms. The minimum absolute atomic E-state index is 0.356. The topological polar surface area (TPSA) is 24.7 Å². The predicted molar refractivity (Wildman–Crippen MR) is 68.1 cm³/mol. The molecule has 84 valence electrons. The van der Waals surface area contributed by atoms with Gasteiger partial charge in [0, 0.05) is 12.4 Å². The second-order valence-electron chi connectivity index (χ2n) is 4.22. The van der Waals surface area contributed by atoms with Crippen molar-refractivity contribution in [2.45, 2.75) is 52.1 Å². The Labute approximate surface area is 93.2 Å². The second kappa shape index (κ2) is 6.54. The Balaban J connectivity index is 2.43. The lowest BCUT2D eigenvalue weighted by atomic mass is 9.91. The first kappa shape index (κ1) is 12.2. The molecule has 2 nitrogen and oxygen atoms in total. The molecule has 3 unspecified atom stereocenters. The summed E-state index contributed by atoms with van der Waals surface area (Å²) in [5, 5.41) is 0. The van der Waals surface area contributed by atoms with E-state index in [0.29, 0.717) is 12.1 Å². The molecule has 0 N–H and O–H groups in total. The van der Waals surface area contributed by atoms with Crippen molar-refractivity contribution in [2.75, 3.05) is 0 Å². The molecule has 0 aliphatic carbocycles. The van der Waals surface area contributed by atoms with Gasteiger partial charge in [0.25, 0.3) is 0 Å². The third kappa shape index (κ3) is 3.98. The van der Waals surface area contributed by atoms with Crippen molar-refractivity contribution in [3.63, 3.8) is 0 Å². The standard InChI is InChI=1S/C13H22N2/c1-4-6-7-12(5-2)10-13-11(3)14-8-9-15-13/h4,6,8-9,11-13H,5,7,10H2,1-3H3. The number of aliphatic imine (C=N–C) groups is 2. The maximum absolute atomic E-state index is 4.51. The molecule has 1 heterocycles. The molecule has 2 heteroatoms. The van der Waals surface area contributed by atoms with Crippen molar-refractivity contribution in [3.8, 4) is 0 Å². The molecule has 0 aromatic rings. The first-order valence-corrected chi connectivity index (χ1v) is 5.94.